The molecule has 106 valence electrons. The van der Waals surface area contributed by atoms with Crippen LogP contribution in [0.25, 0.3) is 10.9 Å². The zero-order chi connectivity index (χ0) is 14.9. The highest BCUT2D eigenvalue weighted by Gasteiger charge is 2.22. The zero-order valence-corrected chi connectivity index (χ0v) is 12.0. The minimum atomic E-state index is -0.307. The largest absolute Gasteiger partial charge is 0.384 e. The number of para-hydroxylation sites is 1. The Morgan fingerprint density at radius 3 is 2.45 bits per heavy atom. The molecule has 0 radical (unpaired) electrons. The summed E-state index contributed by atoms with van der Waals surface area (Å²) in [5.74, 6) is -0.0931. The maximum absolute atomic E-state index is 12.5. The summed E-state index contributed by atoms with van der Waals surface area (Å²) in [5.41, 5.74) is 6.51. The summed E-state index contributed by atoms with van der Waals surface area (Å²) in [6.45, 7) is 4.85. The summed E-state index contributed by atoms with van der Waals surface area (Å²) >= 11 is 0. The number of aryl methyl sites for hydroxylation is 1. The van der Waals surface area contributed by atoms with Gasteiger partial charge in [0.2, 0.25) is 5.43 Å². The number of amides is 1. The molecular formula is C15H19N3O2. The molecule has 0 saturated carbocycles. The van der Waals surface area contributed by atoms with Gasteiger partial charge >= 0.3 is 0 Å². The number of carbonyl (C=O) groups excluding carboxylic acids is 1. The van der Waals surface area contributed by atoms with Crippen molar-refractivity contribution in [2.45, 2.75) is 13.8 Å². The van der Waals surface area contributed by atoms with Crippen molar-refractivity contribution < 1.29 is 4.79 Å². The second kappa shape index (κ2) is 5.36. The van der Waals surface area contributed by atoms with Crippen LogP contribution in [0.1, 0.15) is 24.2 Å². The number of fused-ring (bicyclic) bond motifs is 1. The zero-order valence-electron chi connectivity index (χ0n) is 12.0. The predicted octanol–water partition coefficient (Wildman–Crippen LogP) is 1.60. The first kappa shape index (κ1) is 14.1. The van der Waals surface area contributed by atoms with Crippen molar-refractivity contribution in [1.82, 2.24) is 9.47 Å². The Balaban J connectivity index is 2.78. The minimum Gasteiger partial charge on any atom is -0.384 e. The molecule has 1 amide bonds. The molecule has 0 fully saturated rings. The van der Waals surface area contributed by atoms with Crippen molar-refractivity contribution in [3.05, 3.63) is 40.1 Å². The molecule has 0 aliphatic rings. The van der Waals surface area contributed by atoms with E-state index < -0.39 is 0 Å². The van der Waals surface area contributed by atoms with Crippen LogP contribution < -0.4 is 11.2 Å². The Hall–Kier alpha value is -2.30. The normalized spacial score (nSPS) is 10.8. The average molecular weight is 273 g/mol. The standard InChI is InChI=1S/C15H19N3O2/c1-4-18(5-2)15(20)12-13(19)10-8-6-7-9-11(10)17(3)14(12)16/h6-9H,4-5,16H2,1-3H3. The molecule has 5 nitrogen and oxygen atoms in total. The highest BCUT2D eigenvalue weighted by molar-refractivity contribution is 6.01. The molecule has 1 heterocycles. The molecule has 1 aromatic heterocycles. The third-order valence-electron chi connectivity index (χ3n) is 3.62. The quantitative estimate of drug-likeness (QED) is 0.923. The average Bonchev–Trinajstić information content (AvgIpc) is 2.46. The van der Waals surface area contributed by atoms with Crippen molar-refractivity contribution in [2.24, 2.45) is 7.05 Å². The Morgan fingerprint density at radius 2 is 1.85 bits per heavy atom. The van der Waals surface area contributed by atoms with Crippen LogP contribution >= 0.6 is 0 Å². The number of carbonyl (C=O) groups is 1. The number of nitrogen functional groups attached to an aromatic ring is 1. The van der Waals surface area contributed by atoms with E-state index in [2.05, 4.69) is 0 Å². The Kier molecular flexibility index (Phi) is 3.79. The van der Waals surface area contributed by atoms with Crippen LogP contribution in [0.3, 0.4) is 0 Å². The maximum atomic E-state index is 12.5. The number of nitrogens with zero attached hydrogens (tertiary/aromatic N) is 2. The van der Waals surface area contributed by atoms with E-state index in [1.54, 1.807) is 28.6 Å². The minimum absolute atomic E-state index is 0.0647. The molecule has 1 aromatic carbocycles. The molecule has 5 heteroatoms. The van der Waals surface area contributed by atoms with E-state index in [1.807, 2.05) is 26.0 Å². The van der Waals surface area contributed by atoms with Gasteiger partial charge in [0.25, 0.3) is 5.91 Å². The molecule has 0 saturated heterocycles. The topological polar surface area (TPSA) is 68.3 Å². The number of hydrogen-bond donors (Lipinski definition) is 1. The molecule has 2 aromatic rings. The number of rotatable bonds is 3. The molecule has 0 aliphatic heterocycles. The second-order valence-corrected chi connectivity index (χ2v) is 4.64. The summed E-state index contributed by atoms with van der Waals surface area (Å²) in [4.78, 5) is 26.6. The van der Waals surface area contributed by atoms with E-state index >= 15 is 0 Å². The molecule has 0 atom stereocenters. The fraction of sp³-hybridized carbons (Fsp3) is 0.333. The molecular weight excluding hydrogens is 254 g/mol. The van der Waals surface area contributed by atoms with Crippen LogP contribution in [0, 0.1) is 0 Å². The highest BCUT2D eigenvalue weighted by atomic mass is 16.2. The Labute approximate surface area is 117 Å². The Morgan fingerprint density at radius 1 is 1.25 bits per heavy atom. The maximum Gasteiger partial charge on any atom is 0.261 e. The van der Waals surface area contributed by atoms with E-state index in [0.29, 0.717) is 18.5 Å². The van der Waals surface area contributed by atoms with Crippen LogP contribution in [0.2, 0.25) is 0 Å². The van der Waals surface area contributed by atoms with Gasteiger partial charge in [-0.15, -0.1) is 0 Å². The van der Waals surface area contributed by atoms with Crippen molar-refractivity contribution in [3.8, 4) is 0 Å². The van der Waals surface area contributed by atoms with Gasteiger partial charge in [0.15, 0.2) is 0 Å². The molecule has 0 bridgehead atoms. The van der Waals surface area contributed by atoms with Gasteiger partial charge in [-0.2, -0.15) is 0 Å². The first-order chi connectivity index (χ1) is 9.52. The third kappa shape index (κ3) is 2.05. The molecule has 2 N–H and O–H groups in total. The monoisotopic (exact) mass is 273 g/mol. The fourth-order valence-electron chi connectivity index (χ4n) is 2.38. The molecule has 20 heavy (non-hydrogen) atoms. The van der Waals surface area contributed by atoms with E-state index in [1.165, 1.54) is 0 Å². The van der Waals surface area contributed by atoms with Gasteiger partial charge in [0.05, 0.1) is 5.52 Å². The highest BCUT2D eigenvalue weighted by Crippen LogP contribution is 2.17. The lowest BCUT2D eigenvalue weighted by molar-refractivity contribution is 0.0772. The molecule has 0 unspecified atom stereocenters. The van der Waals surface area contributed by atoms with Gasteiger partial charge in [-0.1, -0.05) is 12.1 Å². The molecule has 0 aliphatic carbocycles. The lowest BCUT2D eigenvalue weighted by atomic mass is 10.1. The number of pyridine rings is 1. The predicted molar refractivity (Wildman–Crippen MR) is 80.9 cm³/mol. The van der Waals surface area contributed by atoms with E-state index in [-0.39, 0.29) is 22.7 Å². The number of hydrogen-bond acceptors (Lipinski definition) is 3. The Bertz CT molecular complexity index is 715. The number of benzene rings is 1. The number of anilines is 1. The lowest BCUT2D eigenvalue weighted by Crippen LogP contribution is -2.35. The summed E-state index contributed by atoms with van der Waals surface area (Å²) in [6.07, 6.45) is 0. The summed E-state index contributed by atoms with van der Waals surface area (Å²) < 4.78 is 1.69. The van der Waals surface area contributed by atoms with Gasteiger partial charge in [0, 0.05) is 25.5 Å². The summed E-state index contributed by atoms with van der Waals surface area (Å²) in [6, 6.07) is 7.16. The lowest BCUT2D eigenvalue weighted by Gasteiger charge is -2.20. The van der Waals surface area contributed by atoms with Gasteiger partial charge < -0.3 is 15.2 Å². The van der Waals surface area contributed by atoms with E-state index in [4.69, 9.17) is 5.73 Å². The molecule has 2 rings (SSSR count). The summed E-state index contributed by atoms with van der Waals surface area (Å²) in [7, 11) is 1.76. The van der Waals surface area contributed by atoms with Crippen molar-refractivity contribution in [3.63, 3.8) is 0 Å². The van der Waals surface area contributed by atoms with Crippen LogP contribution in [0.5, 0.6) is 0 Å². The third-order valence-corrected chi connectivity index (χ3v) is 3.62. The SMILES string of the molecule is CCN(CC)C(=O)c1c(N)n(C)c2ccccc2c1=O. The van der Waals surface area contributed by atoms with Crippen LogP contribution in [0.4, 0.5) is 5.82 Å². The van der Waals surface area contributed by atoms with Gasteiger partial charge in [-0.3, -0.25) is 9.59 Å². The molecule has 0 spiro atoms. The number of nitrogens with two attached hydrogens (primary N) is 1. The smallest absolute Gasteiger partial charge is 0.261 e. The summed E-state index contributed by atoms with van der Waals surface area (Å²) in [5, 5.41) is 0.514. The van der Waals surface area contributed by atoms with Crippen molar-refractivity contribution in [2.75, 3.05) is 18.8 Å². The van der Waals surface area contributed by atoms with Crippen LogP contribution in [-0.4, -0.2) is 28.5 Å². The van der Waals surface area contributed by atoms with Crippen LogP contribution in [0.15, 0.2) is 29.1 Å². The first-order valence-electron chi connectivity index (χ1n) is 6.69. The van der Waals surface area contributed by atoms with Gasteiger partial charge in [-0.05, 0) is 26.0 Å². The van der Waals surface area contributed by atoms with Gasteiger partial charge in [-0.25, -0.2) is 0 Å². The van der Waals surface area contributed by atoms with Gasteiger partial charge in [0.1, 0.15) is 11.4 Å². The van der Waals surface area contributed by atoms with Crippen molar-refractivity contribution in [1.29, 1.82) is 0 Å². The van der Waals surface area contributed by atoms with E-state index in [0.717, 1.165) is 5.52 Å². The number of aromatic nitrogens is 1. The fourth-order valence-corrected chi connectivity index (χ4v) is 2.38. The first-order valence-corrected chi connectivity index (χ1v) is 6.69. The van der Waals surface area contributed by atoms with Crippen LogP contribution in [-0.2, 0) is 7.05 Å². The van der Waals surface area contributed by atoms with Crippen molar-refractivity contribution >= 4 is 22.6 Å². The van der Waals surface area contributed by atoms with E-state index in [9.17, 15) is 9.59 Å². The second-order valence-electron chi connectivity index (χ2n) is 4.64.